The summed E-state index contributed by atoms with van der Waals surface area (Å²) in [6, 6.07) is 5.02. The van der Waals surface area contributed by atoms with E-state index in [1.807, 2.05) is 6.92 Å². The molecule has 3 atom stereocenters. The second kappa shape index (κ2) is 7.85. The summed E-state index contributed by atoms with van der Waals surface area (Å²) in [7, 11) is -2.28. The van der Waals surface area contributed by atoms with Crippen LogP contribution >= 0.6 is 11.3 Å². The number of rotatable bonds is 5. The van der Waals surface area contributed by atoms with Gasteiger partial charge in [0.2, 0.25) is 15.9 Å². The number of hydrogen-bond acceptors (Lipinski definition) is 5. The average molecular weight is 410 g/mol. The molecular weight excluding hydrogens is 382 g/mol. The standard InChI is InChI=1S/C19H27N3O3S2/c1-12-6-5-7-16(13(12)2)21-19(23)11-22(4)27(24,25)15-8-9-17-18(10-15)26-14(3)20-17/h8-10,12-13,16H,5-7,11H2,1-4H3,(H,21,23). The average Bonchev–Trinajstić information content (AvgIpc) is 2.98. The van der Waals surface area contributed by atoms with Gasteiger partial charge in [-0.2, -0.15) is 4.31 Å². The van der Waals surface area contributed by atoms with Gasteiger partial charge < -0.3 is 5.32 Å². The third kappa shape index (κ3) is 4.33. The Bertz CT molecular complexity index is 939. The molecule has 27 heavy (non-hydrogen) atoms. The van der Waals surface area contributed by atoms with Crippen LogP contribution in [0.2, 0.25) is 0 Å². The number of nitrogens with zero attached hydrogens (tertiary/aromatic N) is 2. The lowest BCUT2D eigenvalue weighted by Gasteiger charge is -2.34. The van der Waals surface area contributed by atoms with Gasteiger partial charge in [-0.1, -0.05) is 26.7 Å². The van der Waals surface area contributed by atoms with E-state index in [2.05, 4.69) is 24.1 Å². The van der Waals surface area contributed by atoms with Gasteiger partial charge in [0, 0.05) is 13.1 Å². The Morgan fingerprint density at radius 1 is 1.33 bits per heavy atom. The maximum Gasteiger partial charge on any atom is 0.243 e. The number of amides is 1. The fraction of sp³-hybridized carbons (Fsp3) is 0.579. The molecule has 148 valence electrons. The van der Waals surface area contributed by atoms with Crippen molar-refractivity contribution in [3.05, 3.63) is 23.2 Å². The highest BCUT2D eigenvalue weighted by molar-refractivity contribution is 7.89. The molecule has 1 fully saturated rings. The minimum absolute atomic E-state index is 0.119. The zero-order chi connectivity index (χ0) is 19.8. The predicted octanol–water partition coefficient (Wildman–Crippen LogP) is 3.17. The molecule has 1 N–H and O–H groups in total. The first kappa shape index (κ1) is 20.2. The maximum absolute atomic E-state index is 12.9. The van der Waals surface area contributed by atoms with Crippen molar-refractivity contribution in [2.75, 3.05) is 13.6 Å². The lowest BCUT2D eigenvalue weighted by atomic mass is 9.78. The highest BCUT2D eigenvalue weighted by Crippen LogP contribution is 2.29. The Morgan fingerprint density at radius 2 is 2.07 bits per heavy atom. The van der Waals surface area contributed by atoms with Crippen molar-refractivity contribution >= 4 is 37.5 Å². The van der Waals surface area contributed by atoms with Crippen molar-refractivity contribution in [2.24, 2.45) is 11.8 Å². The first-order valence-corrected chi connectivity index (χ1v) is 11.6. The molecule has 1 aliphatic carbocycles. The molecule has 2 aromatic rings. The number of hydrogen-bond donors (Lipinski definition) is 1. The Labute approximate surface area is 165 Å². The first-order chi connectivity index (χ1) is 12.7. The number of aryl methyl sites for hydroxylation is 1. The van der Waals surface area contributed by atoms with Crippen LogP contribution in [0.4, 0.5) is 0 Å². The molecule has 6 nitrogen and oxygen atoms in total. The molecule has 1 amide bonds. The Balaban J connectivity index is 1.69. The molecule has 1 aliphatic rings. The van der Waals surface area contributed by atoms with Gasteiger partial charge in [-0.15, -0.1) is 11.3 Å². The summed E-state index contributed by atoms with van der Waals surface area (Å²) >= 11 is 1.46. The summed E-state index contributed by atoms with van der Waals surface area (Å²) < 4.78 is 27.7. The second-order valence-electron chi connectivity index (χ2n) is 7.56. The van der Waals surface area contributed by atoms with Gasteiger partial charge in [-0.3, -0.25) is 4.79 Å². The monoisotopic (exact) mass is 409 g/mol. The Kier molecular flexibility index (Phi) is 5.88. The van der Waals surface area contributed by atoms with Crippen LogP contribution in [0.25, 0.3) is 10.2 Å². The number of fused-ring (bicyclic) bond motifs is 1. The zero-order valence-corrected chi connectivity index (χ0v) is 17.9. The lowest BCUT2D eigenvalue weighted by molar-refractivity contribution is -0.122. The van der Waals surface area contributed by atoms with Crippen molar-refractivity contribution in [1.29, 1.82) is 0 Å². The maximum atomic E-state index is 12.9. The molecule has 1 heterocycles. The van der Waals surface area contributed by atoms with E-state index >= 15 is 0 Å². The first-order valence-electron chi connectivity index (χ1n) is 9.31. The summed E-state index contributed by atoms with van der Waals surface area (Å²) in [5.41, 5.74) is 0.789. The third-order valence-electron chi connectivity index (χ3n) is 5.59. The minimum Gasteiger partial charge on any atom is -0.352 e. The molecule has 1 saturated carbocycles. The smallest absolute Gasteiger partial charge is 0.243 e. The molecule has 1 aromatic heterocycles. The molecule has 0 bridgehead atoms. The van der Waals surface area contributed by atoms with Crippen molar-refractivity contribution in [1.82, 2.24) is 14.6 Å². The number of nitrogens with one attached hydrogen (secondary N) is 1. The van der Waals surface area contributed by atoms with E-state index < -0.39 is 10.0 Å². The molecular formula is C19H27N3O3S2. The van der Waals surface area contributed by atoms with Crippen molar-refractivity contribution in [3.63, 3.8) is 0 Å². The Hall–Kier alpha value is -1.51. The van der Waals surface area contributed by atoms with Gasteiger partial charge in [0.15, 0.2) is 0 Å². The van der Waals surface area contributed by atoms with E-state index in [1.165, 1.54) is 24.8 Å². The van der Waals surface area contributed by atoms with Crippen molar-refractivity contribution in [2.45, 2.75) is 51.0 Å². The zero-order valence-electron chi connectivity index (χ0n) is 16.2. The van der Waals surface area contributed by atoms with E-state index in [0.717, 1.165) is 32.4 Å². The van der Waals surface area contributed by atoms with Crippen LogP contribution in [0.3, 0.4) is 0 Å². The molecule has 0 radical (unpaired) electrons. The molecule has 0 saturated heterocycles. The molecule has 0 aliphatic heterocycles. The largest absolute Gasteiger partial charge is 0.352 e. The second-order valence-corrected chi connectivity index (χ2v) is 10.8. The van der Waals surface area contributed by atoms with Crippen LogP contribution in [-0.2, 0) is 14.8 Å². The summed E-state index contributed by atoms with van der Waals surface area (Å²) in [5.74, 6) is 0.725. The quantitative estimate of drug-likeness (QED) is 0.823. The Morgan fingerprint density at radius 3 is 2.81 bits per heavy atom. The summed E-state index contributed by atoms with van der Waals surface area (Å²) in [6.45, 7) is 6.07. The predicted molar refractivity (Wildman–Crippen MR) is 108 cm³/mol. The molecule has 1 aromatic carbocycles. The highest BCUT2D eigenvalue weighted by Gasteiger charge is 2.30. The van der Waals surface area contributed by atoms with Crippen LogP contribution in [0, 0.1) is 18.8 Å². The van der Waals surface area contributed by atoms with Crippen LogP contribution in [-0.4, -0.2) is 43.2 Å². The van der Waals surface area contributed by atoms with Crippen LogP contribution < -0.4 is 5.32 Å². The molecule has 3 rings (SSSR count). The SMILES string of the molecule is Cc1nc2ccc(S(=O)(=O)N(C)CC(=O)NC3CCCC(C)C3C)cc2s1. The van der Waals surface area contributed by atoms with Crippen molar-refractivity contribution < 1.29 is 13.2 Å². The van der Waals surface area contributed by atoms with E-state index in [9.17, 15) is 13.2 Å². The van der Waals surface area contributed by atoms with E-state index in [1.54, 1.807) is 18.2 Å². The third-order valence-corrected chi connectivity index (χ3v) is 8.33. The highest BCUT2D eigenvalue weighted by atomic mass is 32.2. The number of likely N-dealkylation sites (N-methyl/N-ethyl adjacent to an activating group) is 1. The molecule has 0 spiro atoms. The van der Waals surface area contributed by atoms with E-state index in [4.69, 9.17) is 0 Å². The summed E-state index contributed by atoms with van der Waals surface area (Å²) in [5, 5.41) is 3.93. The summed E-state index contributed by atoms with van der Waals surface area (Å²) in [4.78, 5) is 17.0. The topological polar surface area (TPSA) is 79.4 Å². The van der Waals surface area contributed by atoms with Gasteiger partial charge in [0.1, 0.15) is 0 Å². The van der Waals surface area contributed by atoms with Gasteiger partial charge in [-0.25, -0.2) is 13.4 Å². The number of thiazole rings is 1. The molecule has 8 heteroatoms. The van der Waals surface area contributed by atoms with Crippen LogP contribution in [0.15, 0.2) is 23.1 Å². The van der Waals surface area contributed by atoms with Gasteiger partial charge >= 0.3 is 0 Å². The van der Waals surface area contributed by atoms with Crippen LogP contribution in [0.5, 0.6) is 0 Å². The number of aromatic nitrogens is 1. The van der Waals surface area contributed by atoms with Gasteiger partial charge in [-0.05, 0) is 43.4 Å². The van der Waals surface area contributed by atoms with E-state index in [0.29, 0.717) is 11.8 Å². The van der Waals surface area contributed by atoms with E-state index in [-0.39, 0.29) is 23.4 Å². The number of sulfonamides is 1. The fourth-order valence-corrected chi connectivity index (χ4v) is 5.78. The summed E-state index contributed by atoms with van der Waals surface area (Å²) in [6.07, 6.45) is 3.23. The van der Waals surface area contributed by atoms with Gasteiger partial charge in [0.05, 0.1) is 26.7 Å². The minimum atomic E-state index is -3.73. The van der Waals surface area contributed by atoms with Gasteiger partial charge in [0.25, 0.3) is 0 Å². The molecule has 3 unspecified atom stereocenters. The van der Waals surface area contributed by atoms with Crippen LogP contribution in [0.1, 0.15) is 38.1 Å². The number of carbonyl (C=O) groups excluding carboxylic acids is 1. The fourth-order valence-electron chi connectivity index (χ4n) is 3.69. The number of benzene rings is 1. The normalized spacial score (nSPS) is 23.7. The number of carbonyl (C=O) groups is 1. The van der Waals surface area contributed by atoms with Crippen molar-refractivity contribution in [3.8, 4) is 0 Å². The lowest BCUT2D eigenvalue weighted by Crippen LogP contribution is -2.47.